The lowest BCUT2D eigenvalue weighted by Gasteiger charge is -2.16. The normalized spacial score (nSPS) is 22.2. The Labute approximate surface area is 118 Å². The number of halogens is 1. The van der Waals surface area contributed by atoms with E-state index in [-0.39, 0.29) is 0 Å². The highest BCUT2D eigenvalue weighted by atomic mass is 79.9. The maximum atomic E-state index is 4.26. The quantitative estimate of drug-likeness (QED) is 0.859. The Morgan fingerprint density at radius 2 is 2.39 bits per heavy atom. The van der Waals surface area contributed by atoms with Crippen molar-refractivity contribution in [3.8, 4) is 0 Å². The van der Waals surface area contributed by atoms with E-state index in [1.807, 2.05) is 6.20 Å². The Kier molecular flexibility index (Phi) is 4.57. The maximum absolute atomic E-state index is 4.26. The van der Waals surface area contributed by atoms with Crippen LogP contribution in [0.4, 0.5) is 0 Å². The molecule has 0 radical (unpaired) electrons. The van der Waals surface area contributed by atoms with Crippen molar-refractivity contribution in [3.63, 3.8) is 0 Å². The number of hydrogen-bond donors (Lipinski definition) is 1. The summed E-state index contributed by atoms with van der Waals surface area (Å²) >= 11 is 3.45. The highest BCUT2D eigenvalue weighted by molar-refractivity contribution is 9.10. The van der Waals surface area contributed by atoms with E-state index >= 15 is 0 Å². The summed E-state index contributed by atoms with van der Waals surface area (Å²) in [6.45, 7) is 8.97. The Morgan fingerprint density at radius 3 is 3.06 bits per heavy atom. The van der Waals surface area contributed by atoms with Crippen molar-refractivity contribution in [2.45, 2.75) is 27.2 Å². The van der Waals surface area contributed by atoms with Gasteiger partial charge in [-0.05, 0) is 83.9 Å². The van der Waals surface area contributed by atoms with Crippen LogP contribution in [-0.4, -0.2) is 18.1 Å². The zero-order valence-electron chi connectivity index (χ0n) is 11.3. The monoisotopic (exact) mass is 308 g/mol. The molecule has 18 heavy (non-hydrogen) atoms. The smallest absolute Gasteiger partial charge is 0.106 e. The molecule has 0 bridgehead atoms. The molecule has 2 heterocycles. The molecule has 3 heteroatoms. The summed E-state index contributed by atoms with van der Waals surface area (Å²) in [5.74, 6) is 1.41. The molecule has 1 saturated heterocycles. The van der Waals surface area contributed by atoms with E-state index in [2.05, 4.69) is 59.1 Å². The summed E-state index contributed by atoms with van der Waals surface area (Å²) in [6, 6.07) is 2.11. The number of nitrogens with zero attached hydrogens (tertiary/aromatic N) is 1. The van der Waals surface area contributed by atoms with E-state index in [0.717, 1.165) is 17.1 Å². The fourth-order valence-corrected chi connectivity index (χ4v) is 3.00. The molecular weight excluding hydrogens is 288 g/mol. The predicted octanol–water partition coefficient (Wildman–Crippen LogP) is 3.80. The van der Waals surface area contributed by atoms with Crippen molar-refractivity contribution in [1.29, 1.82) is 0 Å². The van der Waals surface area contributed by atoms with Crippen molar-refractivity contribution < 1.29 is 0 Å². The van der Waals surface area contributed by atoms with Crippen molar-refractivity contribution in [2.24, 2.45) is 11.8 Å². The molecule has 0 spiro atoms. The molecule has 1 aliphatic rings. The van der Waals surface area contributed by atoms with Gasteiger partial charge < -0.3 is 5.32 Å². The molecule has 2 nitrogen and oxygen atoms in total. The number of rotatable bonds is 3. The van der Waals surface area contributed by atoms with Crippen LogP contribution >= 0.6 is 15.9 Å². The highest BCUT2D eigenvalue weighted by Gasteiger charge is 2.19. The molecule has 0 aromatic carbocycles. The minimum Gasteiger partial charge on any atom is -0.316 e. The van der Waals surface area contributed by atoms with Crippen molar-refractivity contribution in [1.82, 2.24) is 10.3 Å². The van der Waals surface area contributed by atoms with E-state index in [0.29, 0.717) is 5.92 Å². The van der Waals surface area contributed by atoms with Crippen LogP contribution in [-0.2, 0) is 0 Å². The number of aromatic nitrogens is 1. The summed E-state index contributed by atoms with van der Waals surface area (Å²) in [6.07, 6.45) is 5.63. The molecule has 1 fully saturated rings. The third-order valence-electron chi connectivity index (χ3n) is 3.85. The second-order valence-electron chi connectivity index (χ2n) is 5.28. The lowest BCUT2D eigenvalue weighted by atomic mass is 9.90. The van der Waals surface area contributed by atoms with Crippen LogP contribution in [0, 0.1) is 18.8 Å². The van der Waals surface area contributed by atoms with Crippen LogP contribution in [0.1, 0.15) is 31.4 Å². The summed E-state index contributed by atoms with van der Waals surface area (Å²) in [4.78, 5) is 4.26. The van der Waals surface area contributed by atoms with Gasteiger partial charge in [0, 0.05) is 6.20 Å². The lowest BCUT2D eigenvalue weighted by molar-refractivity contribution is 0.460. The topological polar surface area (TPSA) is 24.9 Å². The first-order valence-electron chi connectivity index (χ1n) is 6.59. The number of allylic oxidation sites excluding steroid dienone is 2. The van der Waals surface area contributed by atoms with Crippen molar-refractivity contribution >= 4 is 21.5 Å². The molecule has 2 unspecified atom stereocenters. The van der Waals surface area contributed by atoms with Gasteiger partial charge >= 0.3 is 0 Å². The van der Waals surface area contributed by atoms with Crippen molar-refractivity contribution in [3.05, 3.63) is 34.1 Å². The van der Waals surface area contributed by atoms with E-state index < -0.39 is 0 Å². The molecule has 2 rings (SSSR count). The van der Waals surface area contributed by atoms with Crippen LogP contribution in [0.15, 0.2) is 22.9 Å². The largest absolute Gasteiger partial charge is 0.316 e. The third kappa shape index (κ3) is 3.21. The Hall–Kier alpha value is -0.670. The van der Waals surface area contributed by atoms with E-state index in [9.17, 15) is 0 Å². The molecule has 2 atom stereocenters. The fourth-order valence-electron chi connectivity index (χ4n) is 2.67. The zero-order chi connectivity index (χ0) is 13.1. The first-order chi connectivity index (χ1) is 8.58. The van der Waals surface area contributed by atoms with Gasteiger partial charge in [0.15, 0.2) is 0 Å². The number of pyridine rings is 1. The highest BCUT2D eigenvalue weighted by Crippen LogP contribution is 2.26. The van der Waals surface area contributed by atoms with Crippen LogP contribution in [0.2, 0.25) is 0 Å². The maximum Gasteiger partial charge on any atom is 0.106 e. The van der Waals surface area contributed by atoms with Gasteiger partial charge in [0.2, 0.25) is 0 Å². The van der Waals surface area contributed by atoms with Crippen LogP contribution in [0.3, 0.4) is 0 Å². The second kappa shape index (κ2) is 5.98. The molecule has 1 N–H and O–H groups in total. The van der Waals surface area contributed by atoms with Gasteiger partial charge in [-0.1, -0.05) is 13.0 Å². The van der Waals surface area contributed by atoms with Crippen LogP contribution in [0.5, 0.6) is 0 Å². The molecule has 1 aliphatic heterocycles. The van der Waals surface area contributed by atoms with Gasteiger partial charge in [0.05, 0.1) is 0 Å². The molecule has 0 amide bonds. The van der Waals surface area contributed by atoms with Gasteiger partial charge in [-0.25, -0.2) is 4.98 Å². The number of aryl methyl sites for hydroxylation is 1. The van der Waals surface area contributed by atoms with E-state index in [4.69, 9.17) is 0 Å². The first-order valence-corrected chi connectivity index (χ1v) is 7.39. The molecule has 1 aromatic rings. The van der Waals surface area contributed by atoms with Crippen molar-refractivity contribution in [2.75, 3.05) is 13.1 Å². The van der Waals surface area contributed by atoms with Gasteiger partial charge in [0.25, 0.3) is 0 Å². The summed E-state index contributed by atoms with van der Waals surface area (Å²) in [7, 11) is 0. The first kappa shape index (κ1) is 13.8. The number of nitrogens with one attached hydrogen (secondary N) is 1. The van der Waals surface area contributed by atoms with E-state index in [1.165, 1.54) is 29.7 Å². The average molecular weight is 309 g/mol. The molecule has 0 saturated carbocycles. The SMILES string of the molecule is C/C(=C/C(C)C1CCNC1)c1cc(Br)ncc1C. The lowest BCUT2D eigenvalue weighted by Crippen LogP contribution is -2.14. The van der Waals surface area contributed by atoms with Gasteiger partial charge in [0.1, 0.15) is 4.60 Å². The van der Waals surface area contributed by atoms with E-state index in [1.54, 1.807) is 0 Å². The van der Waals surface area contributed by atoms with Crippen LogP contribution < -0.4 is 5.32 Å². The van der Waals surface area contributed by atoms with Gasteiger partial charge in [-0.2, -0.15) is 0 Å². The van der Waals surface area contributed by atoms with Crippen LogP contribution in [0.25, 0.3) is 5.57 Å². The Balaban J connectivity index is 2.18. The fraction of sp³-hybridized carbons (Fsp3) is 0.533. The van der Waals surface area contributed by atoms with Gasteiger partial charge in [-0.15, -0.1) is 0 Å². The molecule has 1 aromatic heterocycles. The summed E-state index contributed by atoms with van der Waals surface area (Å²) in [5.41, 5.74) is 3.90. The Bertz CT molecular complexity index is 448. The zero-order valence-corrected chi connectivity index (χ0v) is 12.9. The summed E-state index contributed by atoms with van der Waals surface area (Å²) < 4.78 is 0.908. The summed E-state index contributed by atoms with van der Waals surface area (Å²) in [5, 5.41) is 3.44. The minimum absolute atomic E-state index is 0.631. The molecule has 0 aliphatic carbocycles. The standard InChI is InChI=1S/C15H21BrN2/c1-10(13-4-5-17-9-13)6-11(2)14-7-15(16)18-8-12(14)3/h6-8,10,13,17H,4-5,9H2,1-3H3/b11-6-. The average Bonchev–Trinajstić information content (AvgIpc) is 2.85. The second-order valence-corrected chi connectivity index (χ2v) is 6.10. The molecule has 98 valence electrons. The van der Waals surface area contributed by atoms with Gasteiger partial charge in [-0.3, -0.25) is 0 Å². The minimum atomic E-state index is 0.631. The number of hydrogen-bond acceptors (Lipinski definition) is 2. The predicted molar refractivity (Wildman–Crippen MR) is 80.5 cm³/mol. The third-order valence-corrected chi connectivity index (χ3v) is 4.28. The molecular formula is C15H21BrN2. The Morgan fingerprint density at radius 1 is 1.61 bits per heavy atom.